The number of nitrogens with one attached hydrogen (secondary N) is 1. The molecule has 1 aliphatic heterocycles. The molecule has 1 amide bonds. The number of nitrogens with zero attached hydrogens (tertiary/aromatic N) is 2. The van der Waals surface area contributed by atoms with Crippen molar-refractivity contribution in [2.75, 3.05) is 18.0 Å². The van der Waals surface area contributed by atoms with Crippen molar-refractivity contribution in [1.29, 1.82) is 0 Å². The third kappa shape index (κ3) is 3.93. The van der Waals surface area contributed by atoms with E-state index in [4.69, 9.17) is 5.73 Å². The fourth-order valence-corrected chi connectivity index (χ4v) is 2.42. The minimum atomic E-state index is -0.173. The molecule has 1 aromatic heterocycles. The van der Waals surface area contributed by atoms with E-state index < -0.39 is 0 Å². The molecular weight excluding hydrogens is 252 g/mol. The average Bonchev–Trinajstić information content (AvgIpc) is 2.46. The van der Waals surface area contributed by atoms with Gasteiger partial charge in [-0.2, -0.15) is 0 Å². The Bertz CT molecular complexity index is 436. The fraction of sp³-hybridized carbons (Fsp3) is 0.600. The van der Waals surface area contributed by atoms with E-state index in [1.54, 1.807) is 0 Å². The summed E-state index contributed by atoms with van der Waals surface area (Å²) in [5, 5.41) is 3.37. The number of hydrogen-bond donors (Lipinski definition) is 2. The van der Waals surface area contributed by atoms with E-state index in [0.29, 0.717) is 6.04 Å². The van der Waals surface area contributed by atoms with Crippen molar-refractivity contribution >= 4 is 11.7 Å². The van der Waals surface area contributed by atoms with Crippen molar-refractivity contribution in [3.8, 4) is 0 Å². The molecule has 2 rings (SSSR count). The smallest absolute Gasteiger partial charge is 0.220 e. The molecule has 1 saturated heterocycles. The number of aromatic nitrogens is 1. The van der Waals surface area contributed by atoms with Gasteiger partial charge in [-0.1, -0.05) is 19.9 Å². The van der Waals surface area contributed by atoms with Gasteiger partial charge in [0.1, 0.15) is 5.82 Å². The fourth-order valence-electron chi connectivity index (χ4n) is 2.42. The Kier molecular flexibility index (Phi) is 4.95. The normalized spacial score (nSPS) is 16.6. The van der Waals surface area contributed by atoms with Crippen LogP contribution in [0.2, 0.25) is 0 Å². The van der Waals surface area contributed by atoms with E-state index in [2.05, 4.69) is 41.2 Å². The van der Waals surface area contributed by atoms with Crippen molar-refractivity contribution in [1.82, 2.24) is 10.3 Å². The lowest BCUT2D eigenvalue weighted by atomic mass is 9.96. The minimum absolute atomic E-state index is 0.0285. The molecule has 0 radical (unpaired) electrons. The number of rotatable bonds is 5. The van der Waals surface area contributed by atoms with E-state index in [0.717, 1.165) is 38.3 Å². The predicted octanol–water partition coefficient (Wildman–Crippen LogP) is 1.28. The highest BCUT2D eigenvalue weighted by molar-refractivity contribution is 5.76. The van der Waals surface area contributed by atoms with Gasteiger partial charge in [0.2, 0.25) is 5.91 Å². The van der Waals surface area contributed by atoms with Crippen LogP contribution in [0.1, 0.15) is 32.3 Å². The van der Waals surface area contributed by atoms with Gasteiger partial charge in [0.25, 0.3) is 0 Å². The zero-order valence-corrected chi connectivity index (χ0v) is 12.3. The topological polar surface area (TPSA) is 71.2 Å². The van der Waals surface area contributed by atoms with Crippen LogP contribution in [-0.2, 0) is 11.3 Å². The van der Waals surface area contributed by atoms with Crippen LogP contribution in [0.3, 0.4) is 0 Å². The molecule has 20 heavy (non-hydrogen) atoms. The van der Waals surface area contributed by atoms with Crippen LogP contribution in [0.15, 0.2) is 18.3 Å². The van der Waals surface area contributed by atoms with E-state index in [1.165, 1.54) is 5.56 Å². The number of primary amides is 1. The van der Waals surface area contributed by atoms with Gasteiger partial charge in [-0.15, -0.1) is 0 Å². The summed E-state index contributed by atoms with van der Waals surface area (Å²) in [5.41, 5.74) is 6.54. The highest BCUT2D eigenvalue weighted by Crippen LogP contribution is 2.21. The molecule has 0 saturated carbocycles. The molecule has 5 heteroatoms. The number of anilines is 1. The first kappa shape index (κ1) is 14.8. The Labute approximate surface area is 120 Å². The van der Waals surface area contributed by atoms with Gasteiger partial charge in [0.05, 0.1) is 0 Å². The lowest BCUT2D eigenvalue weighted by Gasteiger charge is -2.31. The largest absolute Gasteiger partial charge is 0.369 e. The molecule has 0 unspecified atom stereocenters. The molecule has 0 aliphatic carbocycles. The molecule has 0 spiro atoms. The molecule has 5 nitrogen and oxygen atoms in total. The number of carbonyl (C=O) groups excluding carboxylic acids is 1. The molecule has 1 aliphatic rings. The Morgan fingerprint density at radius 1 is 1.45 bits per heavy atom. The Hall–Kier alpha value is -1.62. The highest BCUT2D eigenvalue weighted by Gasteiger charge is 2.23. The molecule has 3 N–H and O–H groups in total. The quantitative estimate of drug-likeness (QED) is 0.850. The van der Waals surface area contributed by atoms with E-state index in [-0.39, 0.29) is 11.8 Å². The lowest BCUT2D eigenvalue weighted by molar-refractivity contribution is -0.122. The summed E-state index contributed by atoms with van der Waals surface area (Å²) in [4.78, 5) is 17.9. The number of hydrogen-bond acceptors (Lipinski definition) is 4. The molecule has 0 bridgehead atoms. The van der Waals surface area contributed by atoms with Crippen LogP contribution < -0.4 is 16.0 Å². The maximum atomic E-state index is 11.2. The Balaban J connectivity index is 1.89. The summed E-state index contributed by atoms with van der Waals surface area (Å²) in [7, 11) is 0. The monoisotopic (exact) mass is 276 g/mol. The predicted molar refractivity (Wildman–Crippen MR) is 80.3 cm³/mol. The summed E-state index contributed by atoms with van der Waals surface area (Å²) >= 11 is 0. The molecule has 0 atom stereocenters. The van der Waals surface area contributed by atoms with E-state index >= 15 is 0 Å². The van der Waals surface area contributed by atoms with Crippen molar-refractivity contribution in [2.24, 2.45) is 11.7 Å². The molecule has 0 aromatic carbocycles. The molecule has 1 aromatic rings. The standard InChI is InChI=1S/C15H24N4O/c1-11(2)17-9-12-3-4-14(18-10-12)19-7-5-13(6-8-19)15(16)20/h3-4,10-11,13,17H,5-9H2,1-2H3,(H2,16,20). The van der Waals surface area contributed by atoms with Crippen LogP contribution in [0, 0.1) is 5.92 Å². The van der Waals surface area contributed by atoms with Gasteiger partial charge >= 0.3 is 0 Å². The average molecular weight is 276 g/mol. The first-order valence-corrected chi connectivity index (χ1v) is 7.29. The Morgan fingerprint density at radius 3 is 2.65 bits per heavy atom. The maximum Gasteiger partial charge on any atom is 0.220 e. The molecular formula is C15H24N4O. The second-order valence-electron chi connectivity index (χ2n) is 5.72. The van der Waals surface area contributed by atoms with Crippen molar-refractivity contribution in [3.63, 3.8) is 0 Å². The molecule has 1 fully saturated rings. The lowest BCUT2D eigenvalue weighted by Crippen LogP contribution is -2.38. The van der Waals surface area contributed by atoms with E-state index in [1.807, 2.05) is 6.20 Å². The zero-order valence-electron chi connectivity index (χ0n) is 12.3. The van der Waals surface area contributed by atoms with Gasteiger partial charge in [0, 0.05) is 37.8 Å². The molecule has 110 valence electrons. The first-order valence-electron chi connectivity index (χ1n) is 7.29. The maximum absolute atomic E-state index is 11.2. The second kappa shape index (κ2) is 6.70. The third-order valence-corrected chi connectivity index (χ3v) is 3.74. The van der Waals surface area contributed by atoms with E-state index in [9.17, 15) is 4.79 Å². The second-order valence-corrected chi connectivity index (χ2v) is 5.72. The Morgan fingerprint density at radius 2 is 2.15 bits per heavy atom. The highest BCUT2D eigenvalue weighted by atomic mass is 16.1. The van der Waals surface area contributed by atoms with Gasteiger partial charge in [-0.25, -0.2) is 4.98 Å². The SMILES string of the molecule is CC(C)NCc1ccc(N2CCC(C(N)=O)CC2)nc1. The van der Waals surface area contributed by atoms with Gasteiger partial charge in [-0.3, -0.25) is 4.79 Å². The summed E-state index contributed by atoms with van der Waals surface area (Å²) in [6.07, 6.45) is 3.58. The van der Waals surface area contributed by atoms with Crippen molar-refractivity contribution in [3.05, 3.63) is 23.9 Å². The first-order chi connectivity index (χ1) is 9.56. The van der Waals surface area contributed by atoms with Crippen LogP contribution in [0.25, 0.3) is 0 Å². The summed E-state index contributed by atoms with van der Waals surface area (Å²) in [6, 6.07) is 4.64. The van der Waals surface area contributed by atoms with Crippen LogP contribution in [-0.4, -0.2) is 30.0 Å². The van der Waals surface area contributed by atoms with Gasteiger partial charge in [0.15, 0.2) is 0 Å². The summed E-state index contributed by atoms with van der Waals surface area (Å²) < 4.78 is 0. The van der Waals surface area contributed by atoms with Gasteiger partial charge < -0.3 is 16.0 Å². The van der Waals surface area contributed by atoms with Crippen LogP contribution in [0.4, 0.5) is 5.82 Å². The van der Waals surface area contributed by atoms with Crippen LogP contribution in [0.5, 0.6) is 0 Å². The third-order valence-electron chi connectivity index (χ3n) is 3.74. The number of amides is 1. The number of carbonyl (C=O) groups is 1. The number of nitrogens with two attached hydrogens (primary N) is 1. The van der Waals surface area contributed by atoms with Crippen molar-refractivity contribution in [2.45, 2.75) is 39.3 Å². The number of piperidine rings is 1. The minimum Gasteiger partial charge on any atom is -0.369 e. The van der Waals surface area contributed by atoms with Crippen LogP contribution >= 0.6 is 0 Å². The summed E-state index contributed by atoms with van der Waals surface area (Å²) in [6.45, 7) is 6.80. The van der Waals surface area contributed by atoms with Crippen molar-refractivity contribution < 1.29 is 4.79 Å². The number of pyridine rings is 1. The zero-order chi connectivity index (χ0) is 14.5. The molecule has 2 heterocycles. The van der Waals surface area contributed by atoms with Gasteiger partial charge in [-0.05, 0) is 24.5 Å². The summed E-state index contributed by atoms with van der Waals surface area (Å²) in [5.74, 6) is 0.842.